The van der Waals surface area contributed by atoms with Gasteiger partial charge in [-0.2, -0.15) is 0 Å². The Labute approximate surface area is 91.6 Å². The van der Waals surface area contributed by atoms with E-state index in [1.165, 1.54) is 0 Å². The van der Waals surface area contributed by atoms with E-state index in [2.05, 4.69) is 11.0 Å². The lowest BCUT2D eigenvalue weighted by Crippen LogP contribution is -2.30. The Morgan fingerprint density at radius 3 is 2.07 bits per heavy atom. The molecule has 0 rings (SSSR count). The minimum atomic E-state index is 0.572. The highest BCUT2D eigenvalue weighted by molar-refractivity contribution is 6.18. The summed E-state index contributed by atoms with van der Waals surface area (Å²) in [7, 11) is 3.42. The van der Waals surface area contributed by atoms with E-state index in [1.807, 2.05) is 6.08 Å². The van der Waals surface area contributed by atoms with E-state index in [1.54, 1.807) is 14.2 Å². The molecule has 0 heterocycles. The van der Waals surface area contributed by atoms with Gasteiger partial charge < -0.3 is 9.47 Å². The highest BCUT2D eigenvalue weighted by Gasteiger charge is 2.01. The Kier molecular flexibility index (Phi) is 10.9. The van der Waals surface area contributed by atoms with Gasteiger partial charge >= 0.3 is 0 Å². The average molecular weight is 222 g/mol. The van der Waals surface area contributed by atoms with Crippen LogP contribution in [0.5, 0.6) is 0 Å². The number of alkyl halides is 1. The Bertz CT molecular complexity index is 134. The van der Waals surface area contributed by atoms with Crippen LogP contribution in [0, 0.1) is 0 Å². The number of rotatable bonds is 9. The van der Waals surface area contributed by atoms with E-state index in [0.717, 1.165) is 32.8 Å². The molecule has 0 radical (unpaired) electrons. The number of halogens is 1. The van der Waals surface area contributed by atoms with Gasteiger partial charge in [-0.05, 0) is 0 Å². The molecule has 0 fully saturated rings. The van der Waals surface area contributed by atoms with Crippen molar-refractivity contribution in [3.8, 4) is 0 Å². The first-order chi connectivity index (χ1) is 6.85. The molecule has 0 bridgehead atoms. The molecule has 4 heteroatoms. The van der Waals surface area contributed by atoms with Gasteiger partial charge in [-0.3, -0.25) is 4.90 Å². The average Bonchev–Trinajstić information content (AvgIpc) is 2.21. The first-order valence-electron chi connectivity index (χ1n) is 4.76. The molecule has 0 aliphatic heterocycles. The third-order valence-corrected chi connectivity index (χ3v) is 2.02. The minimum absolute atomic E-state index is 0.572. The van der Waals surface area contributed by atoms with E-state index >= 15 is 0 Å². The topological polar surface area (TPSA) is 21.7 Å². The number of hydrogen-bond acceptors (Lipinski definition) is 3. The summed E-state index contributed by atoms with van der Waals surface area (Å²) in [4.78, 5) is 2.26. The Balaban J connectivity index is 3.65. The van der Waals surface area contributed by atoms with Crippen molar-refractivity contribution in [1.82, 2.24) is 4.90 Å². The van der Waals surface area contributed by atoms with Crippen LogP contribution in [0.4, 0.5) is 0 Å². The molecule has 0 unspecified atom stereocenters. The van der Waals surface area contributed by atoms with E-state index in [-0.39, 0.29) is 0 Å². The van der Waals surface area contributed by atoms with E-state index in [4.69, 9.17) is 21.1 Å². The van der Waals surface area contributed by atoms with Gasteiger partial charge in [0.05, 0.1) is 13.2 Å². The smallest absolute Gasteiger partial charge is 0.0589 e. The quantitative estimate of drug-likeness (QED) is 0.434. The molecule has 14 heavy (non-hydrogen) atoms. The van der Waals surface area contributed by atoms with Crippen LogP contribution in [-0.2, 0) is 9.47 Å². The lowest BCUT2D eigenvalue weighted by molar-refractivity contribution is 0.121. The molecule has 0 N–H and O–H groups in total. The van der Waals surface area contributed by atoms with Crippen LogP contribution in [0.3, 0.4) is 0 Å². The largest absolute Gasteiger partial charge is 0.383 e. The zero-order valence-electron chi connectivity index (χ0n) is 9.04. The fourth-order valence-electron chi connectivity index (χ4n) is 1.02. The van der Waals surface area contributed by atoms with Crippen molar-refractivity contribution in [2.45, 2.75) is 0 Å². The maximum absolute atomic E-state index is 5.54. The maximum Gasteiger partial charge on any atom is 0.0589 e. The van der Waals surface area contributed by atoms with Crippen molar-refractivity contribution < 1.29 is 9.47 Å². The summed E-state index contributed by atoms with van der Waals surface area (Å²) in [5.41, 5.74) is 0. The molecular weight excluding hydrogens is 202 g/mol. The van der Waals surface area contributed by atoms with Crippen LogP contribution in [0.15, 0.2) is 12.2 Å². The molecule has 0 saturated heterocycles. The summed E-state index contributed by atoms with van der Waals surface area (Å²) in [6, 6.07) is 0. The van der Waals surface area contributed by atoms with Gasteiger partial charge in [-0.1, -0.05) is 12.2 Å². The molecule has 0 amide bonds. The zero-order valence-corrected chi connectivity index (χ0v) is 9.79. The summed E-state index contributed by atoms with van der Waals surface area (Å²) in [5, 5.41) is 0. The van der Waals surface area contributed by atoms with Gasteiger partial charge in [0.15, 0.2) is 0 Å². The van der Waals surface area contributed by atoms with Crippen molar-refractivity contribution in [2.24, 2.45) is 0 Å². The highest BCUT2D eigenvalue weighted by Crippen LogP contribution is 1.90. The highest BCUT2D eigenvalue weighted by atomic mass is 35.5. The van der Waals surface area contributed by atoms with Gasteiger partial charge in [-0.25, -0.2) is 0 Å². The third kappa shape index (κ3) is 8.51. The molecular formula is C10H20ClNO2. The number of methoxy groups -OCH3 is 2. The first kappa shape index (κ1) is 13.9. The monoisotopic (exact) mass is 221 g/mol. The van der Waals surface area contributed by atoms with Crippen molar-refractivity contribution in [3.63, 3.8) is 0 Å². The van der Waals surface area contributed by atoms with Gasteiger partial charge in [0.25, 0.3) is 0 Å². The normalized spacial score (nSPS) is 11.7. The second kappa shape index (κ2) is 11.0. The molecule has 0 aliphatic rings. The molecule has 0 saturated carbocycles. The molecule has 0 aliphatic carbocycles. The summed E-state index contributed by atoms with van der Waals surface area (Å²) in [6.45, 7) is 4.25. The zero-order chi connectivity index (χ0) is 10.6. The summed E-state index contributed by atoms with van der Waals surface area (Å²) in [5.74, 6) is 0.572. The maximum atomic E-state index is 5.54. The summed E-state index contributed by atoms with van der Waals surface area (Å²) in [6.07, 6.45) is 4.02. The fourth-order valence-corrected chi connectivity index (χ4v) is 1.15. The predicted octanol–water partition coefficient (Wildman–Crippen LogP) is 1.38. The molecule has 0 atom stereocenters. The van der Waals surface area contributed by atoms with Crippen molar-refractivity contribution in [2.75, 3.05) is 52.9 Å². The van der Waals surface area contributed by atoms with Crippen LogP contribution < -0.4 is 0 Å². The molecule has 0 spiro atoms. The summed E-state index contributed by atoms with van der Waals surface area (Å²) < 4.78 is 10.1. The van der Waals surface area contributed by atoms with E-state index in [0.29, 0.717) is 5.88 Å². The van der Waals surface area contributed by atoms with Gasteiger partial charge in [0.2, 0.25) is 0 Å². The molecule has 0 aromatic rings. The van der Waals surface area contributed by atoms with E-state index < -0.39 is 0 Å². The Hall–Kier alpha value is -0.0900. The van der Waals surface area contributed by atoms with Crippen molar-refractivity contribution in [3.05, 3.63) is 12.2 Å². The van der Waals surface area contributed by atoms with Gasteiger partial charge in [-0.15, -0.1) is 11.6 Å². The van der Waals surface area contributed by atoms with Crippen LogP contribution in [0.2, 0.25) is 0 Å². The SMILES string of the molecule is COCCN(CC=CCCl)CCOC. The number of ether oxygens (including phenoxy) is 2. The molecule has 3 nitrogen and oxygen atoms in total. The van der Waals surface area contributed by atoms with Crippen molar-refractivity contribution >= 4 is 11.6 Å². The van der Waals surface area contributed by atoms with Gasteiger partial charge in [0, 0.05) is 39.7 Å². The Morgan fingerprint density at radius 2 is 1.64 bits per heavy atom. The van der Waals surface area contributed by atoms with Crippen LogP contribution in [0.1, 0.15) is 0 Å². The standard InChI is InChI=1S/C10H20ClNO2/c1-13-9-7-12(8-10-14-2)6-4-3-5-11/h3-4H,5-10H2,1-2H3. The second-order valence-electron chi connectivity index (χ2n) is 2.91. The minimum Gasteiger partial charge on any atom is -0.383 e. The van der Waals surface area contributed by atoms with Crippen LogP contribution in [0.25, 0.3) is 0 Å². The Morgan fingerprint density at radius 1 is 1.07 bits per heavy atom. The van der Waals surface area contributed by atoms with Crippen LogP contribution >= 0.6 is 11.6 Å². The predicted molar refractivity (Wildman–Crippen MR) is 60.1 cm³/mol. The number of hydrogen-bond donors (Lipinski definition) is 0. The number of nitrogens with zero attached hydrogens (tertiary/aromatic N) is 1. The lowest BCUT2D eigenvalue weighted by Gasteiger charge is -2.19. The second-order valence-corrected chi connectivity index (χ2v) is 3.22. The van der Waals surface area contributed by atoms with Gasteiger partial charge in [0.1, 0.15) is 0 Å². The van der Waals surface area contributed by atoms with E-state index in [9.17, 15) is 0 Å². The van der Waals surface area contributed by atoms with Crippen molar-refractivity contribution in [1.29, 1.82) is 0 Å². The molecule has 0 aromatic carbocycles. The fraction of sp³-hybridized carbons (Fsp3) is 0.800. The third-order valence-electron chi connectivity index (χ3n) is 1.84. The molecule has 84 valence electrons. The number of allylic oxidation sites excluding steroid dienone is 1. The molecule has 0 aromatic heterocycles. The van der Waals surface area contributed by atoms with Crippen LogP contribution in [-0.4, -0.2) is 57.8 Å². The summed E-state index contributed by atoms with van der Waals surface area (Å²) >= 11 is 5.54. The first-order valence-corrected chi connectivity index (χ1v) is 5.29. The lowest BCUT2D eigenvalue weighted by atomic mass is 10.4.